The van der Waals surface area contributed by atoms with Crippen molar-refractivity contribution in [2.75, 3.05) is 13.2 Å². The summed E-state index contributed by atoms with van der Waals surface area (Å²) in [5, 5.41) is 39.0. The molecule has 0 spiro atoms. The van der Waals surface area contributed by atoms with E-state index in [1.54, 1.807) is 20.8 Å². The predicted molar refractivity (Wildman–Crippen MR) is 439 cm³/mol. The highest BCUT2D eigenvalue weighted by molar-refractivity contribution is 5.99. The molecule has 9 heterocycles. The number of carbonyl (C=O) groups is 3. The van der Waals surface area contributed by atoms with E-state index in [9.17, 15) is 33.9 Å². The number of oxime groups is 3. The molecule has 3 aromatic carbocycles. The van der Waals surface area contributed by atoms with Crippen LogP contribution in [-0.4, -0.2) is 167 Å². The van der Waals surface area contributed by atoms with Crippen LogP contribution in [0.1, 0.15) is 288 Å². The smallest absolute Gasteiger partial charge is 0.350 e. The van der Waals surface area contributed by atoms with Crippen molar-refractivity contribution in [3.05, 3.63) is 121 Å². The molecule has 6 aliphatic heterocycles. The van der Waals surface area contributed by atoms with Gasteiger partial charge >= 0.3 is 17.9 Å². The van der Waals surface area contributed by atoms with E-state index < -0.39 is 36.7 Å². The Morgan fingerprint density at radius 3 is 0.912 bits per heavy atom. The summed E-state index contributed by atoms with van der Waals surface area (Å²) in [6.45, 7) is 6.74. The molecule has 3 aromatic heterocycles. The molecule has 24 nitrogen and oxygen atoms in total. The lowest BCUT2D eigenvalue weighted by Gasteiger charge is -2.54. The van der Waals surface area contributed by atoms with E-state index in [4.69, 9.17) is 24.7 Å². The van der Waals surface area contributed by atoms with Crippen molar-refractivity contribution in [2.24, 2.45) is 51.0 Å². The first kappa shape index (κ1) is 79.6. The Balaban J connectivity index is 0.000000129. The van der Waals surface area contributed by atoms with E-state index in [2.05, 4.69) is 45.1 Å². The van der Waals surface area contributed by atoms with Crippen LogP contribution >= 0.6 is 0 Å². The first-order valence-corrected chi connectivity index (χ1v) is 43.8. The van der Waals surface area contributed by atoms with Gasteiger partial charge in [-0.05, 0) is 241 Å². The number of carboxylic acids is 3. The second-order valence-electron chi connectivity index (χ2n) is 37.0. The average Bonchev–Trinajstić information content (AvgIpc) is 1.05. The topological polar surface area (TPSA) is 291 Å². The Morgan fingerprint density at radius 1 is 0.360 bits per heavy atom. The van der Waals surface area contributed by atoms with Gasteiger partial charge in [0.2, 0.25) is 18.8 Å². The molecule has 6 unspecified atom stereocenters. The van der Waals surface area contributed by atoms with Crippen LogP contribution in [-0.2, 0) is 28.9 Å². The predicted octanol–water partition coefficient (Wildman–Crippen LogP) is 15.4. The highest BCUT2D eigenvalue weighted by atomic mass is 16.7. The number of aromatic nitrogens is 6. The molecule has 0 radical (unpaired) electrons. The van der Waals surface area contributed by atoms with Crippen molar-refractivity contribution < 1.29 is 44.2 Å². The van der Waals surface area contributed by atoms with Gasteiger partial charge in [-0.2, -0.15) is 0 Å². The quantitative estimate of drug-likeness (QED) is 0.0532. The Bertz CT molecular complexity index is 4720. The van der Waals surface area contributed by atoms with Crippen molar-refractivity contribution in [3.63, 3.8) is 0 Å². The minimum atomic E-state index is -1.50. The van der Waals surface area contributed by atoms with E-state index in [0.29, 0.717) is 71.5 Å². The molecule has 6 saturated heterocycles. The highest BCUT2D eigenvalue weighted by Gasteiger charge is 2.51. The third-order valence-electron chi connectivity index (χ3n) is 29.1. The Kier molecular flexibility index (Phi) is 24.1. The minimum Gasteiger partial charge on any atom is -0.479 e. The summed E-state index contributed by atoms with van der Waals surface area (Å²) < 4.78 is 5.89. The molecule has 12 aliphatic rings. The van der Waals surface area contributed by atoms with E-state index in [0.717, 1.165) is 107 Å². The highest BCUT2D eigenvalue weighted by Crippen LogP contribution is 2.52. The first-order valence-electron chi connectivity index (χ1n) is 43.8. The lowest BCUT2D eigenvalue weighted by Crippen LogP contribution is -2.58. The van der Waals surface area contributed by atoms with Crippen LogP contribution in [0.3, 0.4) is 0 Å². The van der Waals surface area contributed by atoms with Gasteiger partial charge in [0, 0.05) is 72.5 Å². The second kappa shape index (κ2) is 34.5. The number of carboxylic acid groups (broad SMARTS) is 3. The molecular weight excluding hydrogens is 1440 g/mol. The first-order chi connectivity index (χ1) is 55.2. The lowest BCUT2D eigenvalue weighted by molar-refractivity contribution is -0.161. The summed E-state index contributed by atoms with van der Waals surface area (Å²) in [5.41, 5.74) is 4.39. The van der Waals surface area contributed by atoms with Gasteiger partial charge in [0.05, 0.1) is 33.1 Å². The fourth-order valence-electron chi connectivity index (χ4n) is 24.5. The van der Waals surface area contributed by atoms with Crippen molar-refractivity contribution in [1.29, 1.82) is 0 Å². The second-order valence-corrected chi connectivity index (χ2v) is 37.0. The minimum absolute atomic E-state index is 0.105. The molecule has 114 heavy (non-hydrogen) atoms. The molecular formula is C90H120N12O12. The van der Waals surface area contributed by atoms with Gasteiger partial charge in [-0.15, -0.1) is 0 Å². The van der Waals surface area contributed by atoms with Crippen molar-refractivity contribution in [1.82, 2.24) is 43.4 Å². The lowest BCUT2D eigenvalue weighted by atomic mass is 9.73. The Morgan fingerprint density at radius 2 is 0.632 bits per heavy atom. The number of aliphatic carboxylic acids is 3. The zero-order chi connectivity index (χ0) is 79.1. The summed E-state index contributed by atoms with van der Waals surface area (Å²) in [5.74, 6) is 2.07. The molecule has 3 N–H and O–H groups in total. The zero-order valence-electron chi connectivity index (χ0n) is 67.7. The fraction of sp³-hybridized carbons (Fsp3) is 0.667. The summed E-state index contributed by atoms with van der Waals surface area (Å²) in [4.78, 5) is 113. The van der Waals surface area contributed by atoms with E-state index >= 15 is 0 Å². The van der Waals surface area contributed by atoms with E-state index in [-0.39, 0.29) is 51.9 Å². The molecule has 612 valence electrons. The van der Waals surface area contributed by atoms with Gasteiger partial charge in [0.25, 0.3) is 16.7 Å². The third-order valence-corrected chi connectivity index (χ3v) is 29.1. The maximum Gasteiger partial charge on any atom is 0.350 e. The van der Waals surface area contributed by atoms with Crippen LogP contribution in [0.2, 0.25) is 0 Å². The van der Waals surface area contributed by atoms with E-state index in [1.807, 2.05) is 86.5 Å². The maximum absolute atomic E-state index is 14.0. The molecule has 18 rings (SSSR count). The molecule has 24 heteroatoms. The normalized spacial score (nSPS) is 32.0. The summed E-state index contributed by atoms with van der Waals surface area (Å²) in [6.07, 6.45) is 43.9. The van der Waals surface area contributed by atoms with Gasteiger partial charge < -0.3 is 43.5 Å². The van der Waals surface area contributed by atoms with Gasteiger partial charge in [0.1, 0.15) is 17.1 Å². The standard InChI is InChI=1S/C31H42N4O4.C30H40N4O4.C29H38N4O4/c1-19(33-39-31(2,3)30(37)38)28-29(36)35(27-11-7-6-10-26(27)32-28)25-17-22-12-13-23(18-25)34(22)24-15-20-8-4-5-9-21(14-20)16-24;1-19(32-38-18-28(35)36)29-30(37)34(27-12-5-4-11-26(27)31-29)25-16-22-9-6-10-23(17-25)33(22)24-14-20-7-2-3-8-21(13-20)15-24;1-18(31-37-17-27(34)35)28-29(36)33(26-9-5-4-8-25(26)30-28)24-15-21-10-11-22(16-24)32(21)23-13-19-6-2-3-7-20(12-19)14-23/h6-7,10-11,20-25H,4-5,8-9,12-18H2,1-3H3,(H,37,38);4-5,11-12,20-25H,2-3,6-10,13-18H2,1H3,(H,35,36);4-5,8-9,19-24H,2-3,6-7,10-17H2,1H3,(H,34,35)/b33-19+;32-19+;31-18+/t2*20-,21+,22-,23+,24?,25?;19-,20+,21-,22+,23?,24?. The Hall–Kier alpha value is -8.22. The van der Waals surface area contributed by atoms with Crippen LogP contribution in [0.4, 0.5) is 0 Å². The number of nitrogens with zero attached hydrogens (tertiary/aromatic N) is 12. The maximum atomic E-state index is 14.0. The zero-order valence-corrected chi connectivity index (χ0v) is 67.7. The van der Waals surface area contributed by atoms with Gasteiger partial charge in [-0.25, -0.2) is 29.3 Å². The third kappa shape index (κ3) is 17.0. The van der Waals surface area contributed by atoms with Crippen LogP contribution in [0.25, 0.3) is 33.1 Å². The van der Waals surface area contributed by atoms with Gasteiger partial charge in [0.15, 0.2) is 17.1 Å². The summed E-state index contributed by atoms with van der Waals surface area (Å²) >= 11 is 0. The van der Waals surface area contributed by atoms with E-state index in [1.165, 1.54) is 194 Å². The van der Waals surface area contributed by atoms with Gasteiger partial charge in [-0.3, -0.25) is 29.1 Å². The number of para-hydroxylation sites is 6. The van der Waals surface area contributed by atoms with Crippen LogP contribution < -0.4 is 16.7 Å². The van der Waals surface area contributed by atoms with Crippen molar-refractivity contribution in [3.8, 4) is 0 Å². The van der Waals surface area contributed by atoms with Crippen LogP contribution in [0, 0.1) is 35.5 Å². The molecule has 6 aromatic rings. The van der Waals surface area contributed by atoms with Crippen LogP contribution in [0.5, 0.6) is 0 Å². The monoisotopic (exact) mass is 1560 g/mol. The molecule has 12 bridgehead atoms. The number of piperidine rings is 4. The summed E-state index contributed by atoms with van der Waals surface area (Å²) in [7, 11) is 0. The molecule has 6 saturated carbocycles. The number of rotatable bonds is 18. The fourth-order valence-corrected chi connectivity index (χ4v) is 24.5. The van der Waals surface area contributed by atoms with Crippen molar-refractivity contribution in [2.45, 2.75) is 331 Å². The largest absolute Gasteiger partial charge is 0.479 e. The number of hydrogen-bond acceptors (Lipinski definition) is 18. The summed E-state index contributed by atoms with van der Waals surface area (Å²) in [6, 6.07) is 29.0. The number of benzene rings is 3. The Labute approximate surface area is 668 Å². The molecule has 6 aliphatic carbocycles. The molecule has 12 fully saturated rings. The van der Waals surface area contributed by atoms with Gasteiger partial charge in [-0.1, -0.05) is 135 Å². The number of fused-ring (bicyclic) bond motifs is 15. The average molecular weight is 1560 g/mol. The van der Waals surface area contributed by atoms with Crippen LogP contribution in [0.15, 0.2) is 103 Å². The molecule has 18 atom stereocenters. The van der Waals surface area contributed by atoms with Crippen molar-refractivity contribution >= 4 is 68.1 Å². The molecule has 0 amide bonds. The number of hydrogen-bond donors (Lipinski definition) is 3. The SMILES string of the molecule is C/C(=N\OC(C)(C)C(=O)O)c1nc2ccccc2n(C2C[C@H]3CC[C@@H](C2)N3C2C[C@H]3CCCC[C@@H](C2)C3)c1=O.C/C(=N\OCC(=O)O)c1nc2ccccc2n(C2C[C@H]3CCC[C@@H](C2)N3C2C[C@H]3CCCC[C@@H](C2)C3)c1=O.C/C(=N\OCC(=O)O)c1nc2ccccc2n(C2C[C@H]3CC[C@@H](C2)N3C2C[C@H]3CCCC[C@@H](C2)C3)c1=O.